The number of nitrogens with one attached hydrogen (secondary N) is 1. The summed E-state index contributed by atoms with van der Waals surface area (Å²) in [6.45, 7) is 2.31. The Morgan fingerprint density at radius 2 is 1.94 bits per heavy atom. The number of rotatable bonds is 10. The van der Waals surface area contributed by atoms with Crippen molar-refractivity contribution in [3.05, 3.63) is 75.6 Å². The van der Waals surface area contributed by atoms with Crippen molar-refractivity contribution < 1.29 is 9.72 Å². The summed E-state index contributed by atoms with van der Waals surface area (Å²) < 4.78 is 1.86. The van der Waals surface area contributed by atoms with Crippen LogP contribution in [0.15, 0.2) is 53.7 Å². The van der Waals surface area contributed by atoms with Crippen LogP contribution >= 0.6 is 11.8 Å². The van der Waals surface area contributed by atoms with E-state index in [1.807, 2.05) is 10.6 Å². The molecule has 1 aliphatic rings. The van der Waals surface area contributed by atoms with E-state index < -0.39 is 4.92 Å². The zero-order valence-corrected chi connectivity index (χ0v) is 20.1. The third kappa shape index (κ3) is 6.22. The molecule has 1 N–H and O–H groups in total. The Labute approximate surface area is 203 Å². The maximum atomic E-state index is 12.4. The Hall–Kier alpha value is -3.20. The summed E-state index contributed by atoms with van der Waals surface area (Å²) in [6.07, 6.45) is 6.44. The highest BCUT2D eigenvalue weighted by Gasteiger charge is 2.19. The van der Waals surface area contributed by atoms with Crippen LogP contribution in [-0.2, 0) is 17.1 Å². The minimum absolute atomic E-state index is 0.0131. The molecule has 9 heteroatoms. The fourth-order valence-electron chi connectivity index (χ4n) is 4.34. The quantitative estimate of drug-likeness (QED) is 0.238. The molecule has 0 bridgehead atoms. The van der Waals surface area contributed by atoms with Crippen molar-refractivity contribution in [3.63, 3.8) is 0 Å². The Morgan fingerprint density at radius 3 is 2.65 bits per heavy atom. The molecule has 0 radical (unpaired) electrons. The number of aromatic nitrogens is 3. The molecule has 1 saturated carbocycles. The normalized spacial score (nSPS) is 13.8. The van der Waals surface area contributed by atoms with Gasteiger partial charge in [-0.3, -0.25) is 19.5 Å². The van der Waals surface area contributed by atoms with Crippen LogP contribution in [0.5, 0.6) is 0 Å². The maximum absolute atomic E-state index is 12.4. The minimum Gasteiger partial charge on any atom is -0.349 e. The Bertz CT molecular complexity index is 1140. The molecule has 1 fully saturated rings. The van der Waals surface area contributed by atoms with Gasteiger partial charge in [-0.05, 0) is 37.0 Å². The number of nitro benzene ring substituents is 1. The summed E-state index contributed by atoms with van der Waals surface area (Å²) in [5, 5.41) is 23.4. The van der Waals surface area contributed by atoms with E-state index in [0.29, 0.717) is 29.1 Å². The number of hydrogen-bond acceptors (Lipinski definition) is 6. The molecule has 178 valence electrons. The van der Waals surface area contributed by atoms with Gasteiger partial charge in [0.2, 0.25) is 5.91 Å². The third-order valence-corrected chi connectivity index (χ3v) is 7.17. The highest BCUT2D eigenvalue weighted by Crippen LogP contribution is 2.29. The van der Waals surface area contributed by atoms with Gasteiger partial charge in [0.15, 0.2) is 11.0 Å². The van der Waals surface area contributed by atoms with Gasteiger partial charge in [0, 0.05) is 30.0 Å². The monoisotopic (exact) mass is 479 g/mol. The van der Waals surface area contributed by atoms with Crippen LogP contribution in [0.25, 0.3) is 5.69 Å². The van der Waals surface area contributed by atoms with Gasteiger partial charge in [0.25, 0.3) is 5.69 Å². The first-order valence-electron chi connectivity index (χ1n) is 11.6. The SMILES string of the molecule is Cc1cccc(CSc2nnc(CNC(=O)CCC3CCCC3)n2-c2ccc([N+](=O)[O-])cc2)c1. The number of carbonyl (C=O) groups is 1. The van der Waals surface area contributed by atoms with Gasteiger partial charge in [-0.25, -0.2) is 0 Å². The molecule has 2 aromatic carbocycles. The number of nitro groups is 1. The van der Waals surface area contributed by atoms with Crippen molar-refractivity contribution in [1.82, 2.24) is 20.1 Å². The molecule has 1 amide bonds. The molecule has 0 spiro atoms. The van der Waals surface area contributed by atoms with Gasteiger partial charge in [0.1, 0.15) is 0 Å². The zero-order chi connectivity index (χ0) is 23.9. The minimum atomic E-state index is -0.422. The van der Waals surface area contributed by atoms with Crippen molar-refractivity contribution in [2.45, 2.75) is 62.9 Å². The first-order chi connectivity index (χ1) is 16.5. The smallest absolute Gasteiger partial charge is 0.269 e. The lowest BCUT2D eigenvalue weighted by Gasteiger charge is -2.12. The number of aryl methyl sites for hydroxylation is 1. The second-order valence-corrected chi connectivity index (χ2v) is 9.69. The Balaban J connectivity index is 1.49. The van der Waals surface area contributed by atoms with Gasteiger partial charge < -0.3 is 5.32 Å². The number of carbonyl (C=O) groups excluding carboxylic acids is 1. The molecular formula is C25H29N5O3S. The number of amides is 1. The molecule has 0 atom stereocenters. The lowest BCUT2D eigenvalue weighted by Crippen LogP contribution is -2.24. The average Bonchev–Trinajstić information content (AvgIpc) is 3.50. The predicted octanol–water partition coefficient (Wildman–Crippen LogP) is 5.36. The predicted molar refractivity (Wildman–Crippen MR) is 132 cm³/mol. The summed E-state index contributed by atoms with van der Waals surface area (Å²) in [7, 11) is 0. The van der Waals surface area contributed by atoms with Gasteiger partial charge in [-0.15, -0.1) is 10.2 Å². The van der Waals surface area contributed by atoms with E-state index in [2.05, 4.69) is 40.6 Å². The van der Waals surface area contributed by atoms with Crippen LogP contribution in [0.4, 0.5) is 5.69 Å². The van der Waals surface area contributed by atoms with E-state index in [-0.39, 0.29) is 18.1 Å². The molecule has 1 aliphatic carbocycles. The molecular weight excluding hydrogens is 450 g/mol. The summed E-state index contributed by atoms with van der Waals surface area (Å²) in [5.41, 5.74) is 3.10. The number of non-ortho nitro benzene ring substituents is 1. The highest BCUT2D eigenvalue weighted by molar-refractivity contribution is 7.98. The van der Waals surface area contributed by atoms with Crippen molar-refractivity contribution in [2.75, 3.05) is 0 Å². The van der Waals surface area contributed by atoms with E-state index in [1.54, 1.807) is 12.1 Å². The van der Waals surface area contributed by atoms with Crippen molar-refractivity contribution in [2.24, 2.45) is 5.92 Å². The lowest BCUT2D eigenvalue weighted by molar-refractivity contribution is -0.384. The standard InChI is InChI=1S/C25H29N5O3S/c1-18-5-4-8-20(15-18)17-34-25-28-27-23(16-26-24(31)14-9-19-6-2-3-7-19)29(25)21-10-12-22(13-11-21)30(32)33/h4-5,8,10-13,15,19H,2-3,6-7,9,14,16-17H2,1H3,(H,26,31). The van der Waals surface area contributed by atoms with E-state index >= 15 is 0 Å². The summed E-state index contributed by atoms with van der Waals surface area (Å²) in [6, 6.07) is 14.6. The average molecular weight is 480 g/mol. The third-order valence-electron chi connectivity index (χ3n) is 6.17. The van der Waals surface area contributed by atoms with Crippen molar-refractivity contribution in [3.8, 4) is 5.69 Å². The molecule has 8 nitrogen and oxygen atoms in total. The number of benzene rings is 2. The molecule has 0 unspecified atom stereocenters. The molecule has 1 aromatic heterocycles. The lowest BCUT2D eigenvalue weighted by atomic mass is 10.0. The second kappa shape index (κ2) is 11.3. The number of hydrogen-bond donors (Lipinski definition) is 1. The van der Waals surface area contributed by atoms with Crippen LogP contribution < -0.4 is 5.32 Å². The van der Waals surface area contributed by atoms with Crippen molar-refractivity contribution in [1.29, 1.82) is 0 Å². The highest BCUT2D eigenvalue weighted by atomic mass is 32.2. The molecule has 34 heavy (non-hydrogen) atoms. The van der Waals surface area contributed by atoms with Crippen LogP contribution in [0, 0.1) is 23.0 Å². The summed E-state index contributed by atoms with van der Waals surface area (Å²) in [4.78, 5) is 23.1. The van der Waals surface area contributed by atoms with Crippen LogP contribution in [0.2, 0.25) is 0 Å². The zero-order valence-electron chi connectivity index (χ0n) is 19.3. The molecule has 1 heterocycles. The van der Waals surface area contributed by atoms with E-state index in [4.69, 9.17) is 0 Å². The fraction of sp³-hybridized carbons (Fsp3) is 0.400. The molecule has 0 saturated heterocycles. The Kier molecular flexibility index (Phi) is 7.95. The van der Waals surface area contributed by atoms with Gasteiger partial charge in [0.05, 0.1) is 11.5 Å². The van der Waals surface area contributed by atoms with Crippen LogP contribution in [0.1, 0.15) is 55.5 Å². The fourth-order valence-corrected chi connectivity index (χ4v) is 5.25. The molecule has 4 rings (SSSR count). The molecule has 0 aliphatic heterocycles. The van der Waals surface area contributed by atoms with Crippen LogP contribution in [0.3, 0.4) is 0 Å². The van der Waals surface area contributed by atoms with E-state index in [9.17, 15) is 14.9 Å². The second-order valence-electron chi connectivity index (χ2n) is 8.75. The van der Waals surface area contributed by atoms with Gasteiger partial charge >= 0.3 is 0 Å². The van der Waals surface area contributed by atoms with Crippen LogP contribution in [-0.4, -0.2) is 25.6 Å². The largest absolute Gasteiger partial charge is 0.349 e. The topological polar surface area (TPSA) is 103 Å². The van der Waals surface area contributed by atoms with E-state index in [0.717, 1.165) is 12.1 Å². The summed E-state index contributed by atoms with van der Waals surface area (Å²) >= 11 is 1.54. The number of nitrogens with zero attached hydrogens (tertiary/aromatic N) is 4. The van der Waals surface area contributed by atoms with Gasteiger partial charge in [-0.1, -0.05) is 67.3 Å². The first kappa shape index (κ1) is 23.9. The number of thioether (sulfide) groups is 1. The first-order valence-corrected chi connectivity index (χ1v) is 12.6. The maximum Gasteiger partial charge on any atom is 0.269 e. The summed E-state index contributed by atoms with van der Waals surface area (Å²) in [5.74, 6) is 1.98. The van der Waals surface area contributed by atoms with Gasteiger partial charge in [-0.2, -0.15) is 0 Å². The van der Waals surface area contributed by atoms with Crippen molar-refractivity contribution >= 4 is 23.4 Å². The Morgan fingerprint density at radius 1 is 1.18 bits per heavy atom. The molecule has 3 aromatic rings. The van der Waals surface area contributed by atoms with E-state index in [1.165, 1.54) is 60.7 Å².